The van der Waals surface area contributed by atoms with E-state index < -0.39 is 21.5 Å². The first-order valence-corrected chi connectivity index (χ1v) is 4.86. The predicted octanol–water partition coefficient (Wildman–Crippen LogP) is -0.187. The van der Waals surface area contributed by atoms with Gasteiger partial charge in [-0.15, -0.1) is 0 Å². The Kier molecular flexibility index (Phi) is 2.39. The summed E-state index contributed by atoms with van der Waals surface area (Å²) in [5, 5.41) is 21.5. The van der Waals surface area contributed by atoms with Crippen LogP contribution in [0.2, 0.25) is 0 Å². The van der Waals surface area contributed by atoms with Gasteiger partial charge in [-0.05, 0) is 24.3 Å². The van der Waals surface area contributed by atoms with Crippen molar-refractivity contribution in [3.63, 3.8) is 0 Å². The van der Waals surface area contributed by atoms with Crippen molar-refractivity contribution in [3.8, 4) is 0 Å². The van der Waals surface area contributed by atoms with Gasteiger partial charge in [-0.3, -0.25) is 25.0 Å². The van der Waals surface area contributed by atoms with E-state index in [0.717, 1.165) is 4.90 Å². The molecule has 2 N–H and O–H groups in total. The van der Waals surface area contributed by atoms with Crippen LogP contribution >= 0.6 is 0 Å². The number of nitro groups is 2. The molecule has 0 spiro atoms. The third-order valence-electron chi connectivity index (χ3n) is 2.75. The van der Waals surface area contributed by atoms with Crippen LogP contribution in [0.5, 0.6) is 0 Å². The number of carbonyl (C=O) groups is 1. The first-order chi connectivity index (χ1) is 8.39. The van der Waals surface area contributed by atoms with Crippen molar-refractivity contribution >= 4 is 11.6 Å². The van der Waals surface area contributed by atoms with E-state index in [1.807, 2.05) is 0 Å². The molecule has 2 rings (SSSR count). The fourth-order valence-corrected chi connectivity index (χ4v) is 1.66. The summed E-state index contributed by atoms with van der Waals surface area (Å²) in [4.78, 5) is 31.5. The molecule has 18 heavy (non-hydrogen) atoms. The van der Waals surface area contributed by atoms with E-state index in [2.05, 4.69) is 0 Å². The maximum absolute atomic E-state index is 10.8. The van der Waals surface area contributed by atoms with E-state index in [0.29, 0.717) is 5.69 Å². The Morgan fingerprint density at radius 2 is 1.72 bits per heavy atom. The van der Waals surface area contributed by atoms with E-state index in [9.17, 15) is 25.0 Å². The molecule has 9 heteroatoms. The molecule has 0 atom stereocenters. The molecule has 1 aliphatic heterocycles. The van der Waals surface area contributed by atoms with Crippen LogP contribution in [0.3, 0.4) is 0 Å². The highest BCUT2D eigenvalue weighted by molar-refractivity contribution is 5.93. The van der Waals surface area contributed by atoms with Crippen LogP contribution in [0, 0.1) is 20.2 Å². The number of amides is 1. The molecule has 1 fully saturated rings. The summed E-state index contributed by atoms with van der Waals surface area (Å²) in [6.07, 6.45) is 0. The Balaban J connectivity index is 2.28. The first kappa shape index (κ1) is 11.8. The molecule has 0 saturated carbocycles. The topological polar surface area (TPSA) is 132 Å². The average molecular weight is 252 g/mol. The molecule has 0 aromatic heterocycles. The van der Waals surface area contributed by atoms with E-state index >= 15 is 0 Å². The minimum atomic E-state index is -2.28. The second kappa shape index (κ2) is 3.65. The van der Waals surface area contributed by atoms with Gasteiger partial charge in [0.2, 0.25) is 5.91 Å². The van der Waals surface area contributed by atoms with Crippen molar-refractivity contribution in [1.82, 2.24) is 0 Å². The normalized spacial score (nSPS) is 16.1. The number of rotatable bonds is 4. The van der Waals surface area contributed by atoms with Gasteiger partial charge in [-0.25, -0.2) is 4.90 Å². The minimum Gasteiger partial charge on any atom is -0.366 e. The molecule has 1 saturated heterocycles. The number of primary amides is 1. The maximum Gasteiger partial charge on any atom is 0.562 e. The zero-order valence-electron chi connectivity index (χ0n) is 8.98. The lowest BCUT2D eigenvalue weighted by Gasteiger charge is -2.04. The zero-order valence-corrected chi connectivity index (χ0v) is 8.98. The van der Waals surface area contributed by atoms with Gasteiger partial charge in [0, 0.05) is 5.56 Å². The van der Waals surface area contributed by atoms with Gasteiger partial charge in [0.05, 0.1) is 5.69 Å². The van der Waals surface area contributed by atoms with Crippen molar-refractivity contribution in [2.75, 3.05) is 11.4 Å². The number of benzene rings is 1. The van der Waals surface area contributed by atoms with Gasteiger partial charge < -0.3 is 5.73 Å². The number of hydrogen-bond donors (Lipinski definition) is 1. The number of hydrogen-bond acceptors (Lipinski definition) is 6. The smallest absolute Gasteiger partial charge is 0.366 e. The highest BCUT2D eigenvalue weighted by atomic mass is 16.7. The van der Waals surface area contributed by atoms with Gasteiger partial charge in [0.15, 0.2) is 6.54 Å². The number of carbonyl (C=O) groups excluding carboxylic acids is 1. The van der Waals surface area contributed by atoms with E-state index in [1.54, 1.807) is 0 Å². The molecular weight excluding hydrogens is 244 g/mol. The van der Waals surface area contributed by atoms with Crippen molar-refractivity contribution in [2.24, 2.45) is 5.73 Å². The van der Waals surface area contributed by atoms with Crippen molar-refractivity contribution in [2.45, 2.75) is 5.79 Å². The van der Waals surface area contributed by atoms with Crippen LogP contribution in [0.15, 0.2) is 24.3 Å². The first-order valence-electron chi connectivity index (χ1n) is 4.86. The fraction of sp³-hybridized carbons (Fsp3) is 0.222. The van der Waals surface area contributed by atoms with Crippen LogP contribution in [-0.4, -0.2) is 28.1 Å². The third kappa shape index (κ3) is 1.52. The zero-order chi connectivity index (χ0) is 13.5. The molecule has 1 amide bonds. The van der Waals surface area contributed by atoms with Crippen LogP contribution in [0.1, 0.15) is 10.4 Å². The van der Waals surface area contributed by atoms with E-state index in [4.69, 9.17) is 5.73 Å². The molecule has 0 bridgehead atoms. The Bertz CT molecular complexity index is 526. The second-order valence-corrected chi connectivity index (χ2v) is 3.79. The van der Waals surface area contributed by atoms with Crippen molar-refractivity contribution in [1.29, 1.82) is 0 Å². The average Bonchev–Trinajstić information content (AvgIpc) is 3.05. The van der Waals surface area contributed by atoms with E-state index in [-0.39, 0.29) is 12.1 Å². The van der Waals surface area contributed by atoms with Gasteiger partial charge in [-0.1, -0.05) is 0 Å². The van der Waals surface area contributed by atoms with Crippen LogP contribution in [-0.2, 0) is 0 Å². The highest BCUT2D eigenvalue weighted by Gasteiger charge is 2.78. The van der Waals surface area contributed by atoms with Crippen LogP contribution < -0.4 is 10.6 Å². The Hall–Kier alpha value is -2.71. The molecule has 1 aromatic rings. The van der Waals surface area contributed by atoms with Gasteiger partial charge in [0.25, 0.3) is 0 Å². The quantitative estimate of drug-likeness (QED) is 0.342. The Morgan fingerprint density at radius 1 is 1.22 bits per heavy atom. The summed E-state index contributed by atoms with van der Waals surface area (Å²) in [5.74, 6) is -2.92. The Labute approximate surface area is 100 Å². The second-order valence-electron chi connectivity index (χ2n) is 3.79. The predicted molar refractivity (Wildman–Crippen MR) is 59.0 cm³/mol. The SMILES string of the molecule is NC(=O)c1ccc(N2CC2([N+](=O)[O-])[N+](=O)[O-])cc1. The van der Waals surface area contributed by atoms with Gasteiger partial charge in [0.1, 0.15) is 9.85 Å². The Morgan fingerprint density at radius 3 is 2.06 bits per heavy atom. The molecular formula is C9H8N4O5. The van der Waals surface area contributed by atoms with Gasteiger partial charge in [-0.2, -0.15) is 0 Å². The summed E-state index contributed by atoms with van der Waals surface area (Å²) in [6, 6.07) is 5.49. The summed E-state index contributed by atoms with van der Waals surface area (Å²) < 4.78 is 0. The summed E-state index contributed by atoms with van der Waals surface area (Å²) in [6.45, 7) is -0.303. The van der Waals surface area contributed by atoms with Crippen molar-refractivity contribution < 1.29 is 14.6 Å². The van der Waals surface area contributed by atoms with Crippen LogP contribution in [0.4, 0.5) is 5.69 Å². The fourth-order valence-electron chi connectivity index (χ4n) is 1.66. The van der Waals surface area contributed by atoms with Crippen LogP contribution in [0.25, 0.3) is 0 Å². The third-order valence-corrected chi connectivity index (χ3v) is 2.75. The number of nitrogens with two attached hydrogens (primary N) is 1. The number of nitrogens with zero attached hydrogens (tertiary/aromatic N) is 3. The summed E-state index contributed by atoms with van der Waals surface area (Å²) >= 11 is 0. The lowest BCUT2D eigenvalue weighted by atomic mass is 10.2. The molecule has 0 aliphatic carbocycles. The summed E-state index contributed by atoms with van der Waals surface area (Å²) in [7, 11) is 0. The molecule has 0 unspecified atom stereocenters. The molecule has 1 heterocycles. The molecule has 1 aromatic carbocycles. The molecule has 1 aliphatic rings. The minimum absolute atomic E-state index is 0.230. The maximum atomic E-state index is 10.8. The standard InChI is InChI=1S/C9H8N4O5/c10-8(14)6-1-3-7(4-2-6)11-5-9(11,12(15)16)13(17)18/h1-4H,5H2,(H2,10,14). The van der Waals surface area contributed by atoms with Gasteiger partial charge >= 0.3 is 5.79 Å². The summed E-state index contributed by atoms with van der Waals surface area (Å²) in [5.41, 5.74) is 5.57. The van der Waals surface area contributed by atoms with E-state index in [1.165, 1.54) is 24.3 Å². The number of anilines is 1. The van der Waals surface area contributed by atoms with Crippen molar-refractivity contribution in [3.05, 3.63) is 50.1 Å². The largest absolute Gasteiger partial charge is 0.562 e. The monoisotopic (exact) mass is 252 g/mol. The molecule has 9 nitrogen and oxygen atoms in total. The molecule has 0 radical (unpaired) electrons. The highest BCUT2D eigenvalue weighted by Crippen LogP contribution is 2.38. The lowest BCUT2D eigenvalue weighted by Crippen LogP contribution is -2.37. The molecule has 94 valence electrons. The lowest BCUT2D eigenvalue weighted by molar-refractivity contribution is -0.760.